The zero-order chi connectivity index (χ0) is 14.6. The van der Waals surface area contributed by atoms with Crippen molar-refractivity contribution in [2.45, 2.75) is 39.1 Å². The quantitative estimate of drug-likeness (QED) is 0.769. The predicted octanol–water partition coefficient (Wildman–Crippen LogP) is 1.24. The lowest BCUT2D eigenvalue weighted by atomic mass is 10.1. The summed E-state index contributed by atoms with van der Waals surface area (Å²) in [7, 11) is 0. The van der Waals surface area contributed by atoms with E-state index in [4.69, 9.17) is 0 Å². The average Bonchev–Trinajstić information content (AvgIpc) is 2.79. The molecule has 6 heteroatoms. The number of hydrogen-bond donors (Lipinski definition) is 2. The fourth-order valence-electron chi connectivity index (χ4n) is 2.21. The molecule has 1 aliphatic heterocycles. The molecule has 3 unspecified atom stereocenters. The number of carboxylic acid groups (broad SMARTS) is 1. The Morgan fingerprint density at radius 3 is 2.53 bits per heavy atom. The number of amides is 1. The van der Waals surface area contributed by atoms with Crippen LogP contribution in [0.4, 0.5) is 0 Å². The van der Waals surface area contributed by atoms with Crippen LogP contribution in [0, 0.1) is 11.8 Å². The standard InChI is InChI=1S/C13H24N2O3S/c1-5-14-6-9(4)11(16)15-10(13(17)18)7-19-12(15)8(2)3/h8-10,12,14H,5-7H2,1-4H3,(H,17,18). The van der Waals surface area contributed by atoms with Crippen molar-refractivity contribution in [1.29, 1.82) is 0 Å². The van der Waals surface area contributed by atoms with E-state index in [1.165, 1.54) is 0 Å². The van der Waals surface area contributed by atoms with Gasteiger partial charge in [0, 0.05) is 18.2 Å². The van der Waals surface area contributed by atoms with E-state index in [9.17, 15) is 14.7 Å². The van der Waals surface area contributed by atoms with Crippen molar-refractivity contribution in [1.82, 2.24) is 10.2 Å². The Morgan fingerprint density at radius 1 is 1.42 bits per heavy atom. The lowest BCUT2D eigenvalue weighted by Gasteiger charge is -2.32. The maximum Gasteiger partial charge on any atom is 0.327 e. The van der Waals surface area contributed by atoms with Gasteiger partial charge < -0.3 is 15.3 Å². The highest BCUT2D eigenvalue weighted by molar-refractivity contribution is 8.00. The van der Waals surface area contributed by atoms with E-state index in [0.29, 0.717) is 12.3 Å². The number of carbonyl (C=O) groups is 2. The number of hydrogen-bond acceptors (Lipinski definition) is 4. The molecular weight excluding hydrogens is 264 g/mol. The van der Waals surface area contributed by atoms with Crippen molar-refractivity contribution in [3.05, 3.63) is 0 Å². The summed E-state index contributed by atoms with van der Waals surface area (Å²) < 4.78 is 0. The van der Waals surface area contributed by atoms with E-state index in [1.54, 1.807) is 16.7 Å². The highest BCUT2D eigenvalue weighted by Crippen LogP contribution is 2.35. The zero-order valence-electron chi connectivity index (χ0n) is 12.0. The molecule has 2 N–H and O–H groups in total. The lowest BCUT2D eigenvalue weighted by Crippen LogP contribution is -2.50. The van der Waals surface area contributed by atoms with Crippen LogP contribution < -0.4 is 5.32 Å². The minimum atomic E-state index is -0.903. The van der Waals surface area contributed by atoms with Crippen molar-refractivity contribution in [3.8, 4) is 0 Å². The van der Waals surface area contributed by atoms with Gasteiger partial charge in [0.2, 0.25) is 5.91 Å². The Morgan fingerprint density at radius 2 is 2.05 bits per heavy atom. The second-order valence-electron chi connectivity index (χ2n) is 5.28. The van der Waals surface area contributed by atoms with Gasteiger partial charge in [-0.3, -0.25) is 4.79 Å². The monoisotopic (exact) mass is 288 g/mol. The van der Waals surface area contributed by atoms with E-state index in [1.807, 2.05) is 27.7 Å². The number of carbonyl (C=O) groups excluding carboxylic acids is 1. The minimum absolute atomic E-state index is 0.0299. The van der Waals surface area contributed by atoms with Gasteiger partial charge in [-0.25, -0.2) is 4.79 Å². The first-order valence-corrected chi connectivity index (χ1v) is 7.82. The molecule has 1 amide bonds. The summed E-state index contributed by atoms with van der Waals surface area (Å²) in [6, 6.07) is -0.686. The van der Waals surface area contributed by atoms with Crippen LogP contribution in [0.15, 0.2) is 0 Å². The summed E-state index contributed by atoms with van der Waals surface area (Å²) in [5.74, 6) is -0.416. The molecule has 0 spiro atoms. The van der Waals surface area contributed by atoms with Crippen LogP contribution in [-0.2, 0) is 9.59 Å². The van der Waals surface area contributed by atoms with Crippen LogP contribution in [0.5, 0.6) is 0 Å². The number of nitrogens with one attached hydrogen (secondary N) is 1. The molecule has 1 rings (SSSR count). The van der Waals surface area contributed by atoms with Crippen molar-refractivity contribution in [2.24, 2.45) is 11.8 Å². The third-order valence-electron chi connectivity index (χ3n) is 3.27. The third kappa shape index (κ3) is 3.86. The normalized spacial score (nSPS) is 24.8. The van der Waals surface area contributed by atoms with Crippen molar-refractivity contribution in [3.63, 3.8) is 0 Å². The number of rotatable bonds is 6. The minimum Gasteiger partial charge on any atom is -0.480 e. The SMILES string of the molecule is CCNCC(C)C(=O)N1C(C(=O)O)CSC1C(C)C. The van der Waals surface area contributed by atoms with Gasteiger partial charge in [-0.1, -0.05) is 27.7 Å². The highest BCUT2D eigenvalue weighted by Gasteiger charge is 2.43. The fourth-order valence-corrected chi connectivity index (χ4v) is 3.69. The fraction of sp³-hybridized carbons (Fsp3) is 0.846. The van der Waals surface area contributed by atoms with Crippen LogP contribution >= 0.6 is 11.8 Å². The maximum atomic E-state index is 12.5. The first kappa shape index (κ1) is 16.3. The number of thioether (sulfide) groups is 1. The summed E-state index contributed by atoms with van der Waals surface area (Å²) in [5.41, 5.74) is 0. The Bertz CT molecular complexity index is 336. The first-order chi connectivity index (χ1) is 8.90. The van der Waals surface area contributed by atoms with Crippen molar-refractivity contribution >= 4 is 23.6 Å². The highest BCUT2D eigenvalue weighted by atomic mass is 32.2. The van der Waals surface area contributed by atoms with Gasteiger partial charge in [0.05, 0.1) is 5.37 Å². The molecule has 0 aromatic rings. The van der Waals surface area contributed by atoms with Crippen LogP contribution in [-0.4, -0.2) is 52.1 Å². The lowest BCUT2D eigenvalue weighted by molar-refractivity contribution is -0.151. The van der Waals surface area contributed by atoms with Gasteiger partial charge in [0.25, 0.3) is 0 Å². The molecule has 0 aromatic carbocycles. The molecule has 0 aliphatic carbocycles. The smallest absolute Gasteiger partial charge is 0.327 e. The molecule has 110 valence electrons. The third-order valence-corrected chi connectivity index (χ3v) is 4.89. The van der Waals surface area contributed by atoms with E-state index in [-0.39, 0.29) is 23.1 Å². The molecule has 19 heavy (non-hydrogen) atoms. The molecule has 0 aromatic heterocycles. The molecule has 3 atom stereocenters. The van der Waals surface area contributed by atoms with Gasteiger partial charge in [0.15, 0.2) is 0 Å². The van der Waals surface area contributed by atoms with E-state index >= 15 is 0 Å². The van der Waals surface area contributed by atoms with Crippen LogP contribution in [0.2, 0.25) is 0 Å². The zero-order valence-corrected chi connectivity index (χ0v) is 12.9. The first-order valence-electron chi connectivity index (χ1n) is 6.77. The van der Waals surface area contributed by atoms with Crippen LogP contribution in [0.3, 0.4) is 0 Å². The maximum absolute atomic E-state index is 12.5. The predicted molar refractivity (Wildman–Crippen MR) is 77.1 cm³/mol. The van der Waals surface area contributed by atoms with Gasteiger partial charge in [-0.15, -0.1) is 11.8 Å². The summed E-state index contributed by atoms with van der Waals surface area (Å²) in [5, 5.41) is 12.4. The largest absolute Gasteiger partial charge is 0.480 e. The van der Waals surface area contributed by atoms with Crippen LogP contribution in [0.1, 0.15) is 27.7 Å². The number of aliphatic carboxylic acids is 1. The number of carboxylic acids is 1. The van der Waals surface area contributed by atoms with Gasteiger partial charge >= 0.3 is 5.97 Å². The molecule has 1 fully saturated rings. The van der Waals surface area contributed by atoms with Gasteiger partial charge in [0.1, 0.15) is 6.04 Å². The van der Waals surface area contributed by atoms with Gasteiger partial charge in [-0.05, 0) is 12.5 Å². The molecule has 1 heterocycles. The van der Waals surface area contributed by atoms with E-state index < -0.39 is 12.0 Å². The summed E-state index contributed by atoms with van der Waals surface area (Å²) in [6.45, 7) is 9.29. The molecule has 0 bridgehead atoms. The van der Waals surface area contributed by atoms with E-state index in [0.717, 1.165) is 6.54 Å². The van der Waals surface area contributed by atoms with Crippen LogP contribution in [0.25, 0.3) is 0 Å². The number of nitrogens with zero attached hydrogens (tertiary/aromatic N) is 1. The van der Waals surface area contributed by atoms with Gasteiger partial charge in [-0.2, -0.15) is 0 Å². The molecule has 1 aliphatic rings. The average molecular weight is 288 g/mol. The van der Waals surface area contributed by atoms with E-state index in [2.05, 4.69) is 5.32 Å². The molecular formula is C13H24N2O3S. The molecule has 0 saturated carbocycles. The topological polar surface area (TPSA) is 69.6 Å². The Hall–Kier alpha value is -0.750. The van der Waals surface area contributed by atoms with Crippen molar-refractivity contribution < 1.29 is 14.7 Å². The second kappa shape index (κ2) is 7.14. The Balaban J connectivity index is 2.83. The second-order valence-corrected chi connectivity index (χ2v) is 6.43. The Kier molecular flexibility index (Phi) is 6.13. The summed E-state index contributed by atoms with van der Waals surface area (Å²) in [6.07, 6.45) is 0. The molecule has 1 saturated heterocycles. The molecule has 5 nitrogen and oxygen atoms in total. The summed E-state index contributed by atoms with van der Waals surface area (Å²) >= 11 is 1.57. The van der Waals surface area contributed by atoms with Crippen molar-refractivity contribution in [2.75, 3.05) is 18.8 Å². The molecule has 0 radical (unpaired) electrons. The Labute approximate surface area is 119 Å². The summed E-state index contributed by atoms with van der Waals surface area (Å²) in [4.78, 5) is 25.4.